The van der Waals surface area contributed by atoms with Crippen LogP contribution in [0.1, 0.15) is 38.2 Å². The largest absolute Gasteiger partial charge is 0.311 e. The van der Waals surface area contributed by atoms with E-state index in [0.29, 0.717) is 12.0 Å². The zero-order valence-corrected chi connectivity index (χ0v) is 9.20. The molecule has 14 heavy (non-hydrogen) atoms. The van der Waals surface area contributed by atoms with Gasteiger partial charge >= 0.3 is 0 Å². The molecule has 0 aromatic carbocycles. The molecule has 3 nitrogen and oxygen atoms in total. The van der Waals surface area contributed by atoms with Gasteiger partial charge in [0, 0.05) is 25.3 Å². The van der Waals surface area contributed by atoms with Crippen molar-refractivity contribution in [3.8, 4) is 0 Å². The molecule has 1 aromatic rings. The van der Waals surface area contributed by atoms with E-state index in [1.165, 1.54) is 18.4 Å². The van der Waals surface area contributed by atoms with E-state index >= 15 is 0 Å². The molecule has 0 spiro atoms. The predicted octanol–water partition coefficient (Wildman–Crippen LogP) is 1.66. The van der Waals surface area contributed by atoms with Gasteiger partial charge in [-0.15, -0.1) is 0 Å². The third-order valence-corrected chi connectivity index (χ3v) is 3.08. The number of aromatic nitrogens is 2. The van der Waals surface area contributed by atoms with Crippen molar-refractivity contribution in [2.24, 2.45) is 7.05 Å². The second-order valence-corrected chi connectivity index (χ2v) is 4.47. The average Bonchev–Trinajstić information content (AvgIpc) is 2.85. The summed E-state index contributed by atoms with van der Waals surface area (Å²) in [6, 6.07) is 1.33. The quantitative estimate of drug-likeness (QED) is 0.788. The summed E-state index contributed by atoms with van der Waals surface area (Å²) in [6.45, 7) is 4.52. The molecule has 0 amide bonds. The van der Waals surface area contributed by atoms with Gasteiger partial charge in [-0.05, 0) is 31.2 Å². The second-order valence-electron chi connectivity index (χ2n) is 4.47. The van der Waals surface area contributed by atoms with E-state index in [1.807, 2.05) is 17.9 Å². The minimum absolute atomic E-state index is 0.546. The van der Waals surface area contributed by atoms with Crippen LogP contribution in [0.4, 0.5) is 0 Å². The molecule has 0 radical (unpaired) electrons. The fraction of sp³-hybridized carbons (Fsp3) is 0.727. The first-order valence-corrected chi connectivity index (χ1v) is 5.41. The highest BCUT2D eigenvalue weighted by molar-refractivity contribution is 5.12. The lowest BCUT2D eigenvalue weighted by atomic mass is 9.97. The van der Waals surface area contributed by atoms with Crippen molar-refractivity contribution in [2.45, 2.75) is 44.7 Å². The Hall–Kier alpha value is -0.830. The number of rotatable bonds is 4. The number of hydrogen-bond donors (Lipinski definition) is 1. The van der Waals surface area contributed by atoms with Crippen molar-refractivity contribution in [1.82, 2.24) is 15.1 Å². The topological polar surface area (TPSA) is 29.9 Å². The molecule has 1 N–H and O–H groups in total. The predicted molar refractivity (Wildman–Crippen MR) is 57.2 cm³/mol. The minimum Gasteiger partial charge on any atom is -0.311 e. The molecule has 1 fully saturated rings. The molecule has 2 unspecified atom stereocenters. The normalized spacial score (nSPS) is 20.8. The van der Waals surface area contributed by atoms with Crippen LogP contribution >= 0.6 is 0 Å². The highest BCUT2D eigenvalue weighted by Gasteiger charge is 2.25. The molecule has 78 valence electrons. The monoisotopic (exact) mass is 193 g/mol. The van der Waals surface area contributed by atoms with Gasteiger partial charge in [-0.2, -0.15) is 5.10 Å². The van der Waals surface area contributed by atoms with Gasteiger partial charge in [0.25, 0.3) is 0 Å². The lowest BCUT2D eigenvalue weighted by Crippen LogP contribution is -2.32. The Bertz CT molecular complexity index is 301. The highest BCUT2D eigenvalue weighted by atomic mass is 15.2. The zero-order chi connectivity index (χ0) is 10.1. The summed E-state index contributed by atoms with van der Waals surface area (Å²) >= 11 is 0. The maximum absolute atomic E-state index is 4.20. The Morgan fingerprint density at radius 2 is 2.21 bits per heavy atom. The molecule has 1 aliphatic carbocycles. The van der Waals surface area contributed by atoms with E-state index in [-0.39, 0.29) is 0 Å². The molecule has 2 atom stereocenters. The van der Waals surface area contributed by atoms with Crippen LogP contribution in [-0.4, -0.2) is 21.9 Å². The van der Waals surface area contributed by atoms with E-state index < -0.39 is 0 Å². The van der Waals surface area contributed by atoms with Crippen molar-refractivity contribution < 1.29 is 0 Å². The van der Waals surface area contributed by atoms with Gasteiger partial charge < -0.3 is 5.32 Å². The lowest BCUT2D eigenvalue weighted by Gasteiger charge is -2.19. The molecular weight excluding hydrogens is 174 g/mol. The fourth-order valence-electron chi connectivity index (χ4n) is 1.73. The Labute approximate surface area is 85.5 Å². The molecule has 2 rings (SSSR count). The van der Waals surface area contributed by atoms with Crippen LogP contribution in [0.5, 0.6) is 0 Å². The summed E-state index contributed by atoms with van der Waals surface area (Å²) in [4.78, 5) is 0. The van der Waals surface area contributed by atoms with Crippen molar-refractivity contribution in [3.63, 3.8) is 0 Å². The molecule has 0 saturated heterocycles. The summed E-state index contributed by atoms with van der Waals surface area (Å²) in [6.07, 6.45) is 6.78. The van der Waals surface area contributed by atoms with E-state index in [9.17, 15) is 0 Å². The maximum Gasteiger partial charge on any atom is 0.0524 e. The molecule has 0 bridgehead atoms. The van der Waals surface area contributed by atoms with E-state index in [2.05, 4.69) is 30.5 Å². The summed E-state index contributed by atoms with van der Waals surface area (Å²) in [5.41, 5.74) is 1.33. The number of hydrogen-bond acceptors (Lipinski definition) is 2. The summed E-state index contributed by atoms with van der Waals surface area (Å²) in [5.74, 6) is 0.546. The van der Waals surface area contributed by atoms with Crippen LogP contribution in [-0.2, 0) is 7.05 Å². The molecular formula is C11H19N3. The Balaban J connectivity index is 1.95. The summed E-state index contributed by atoms with van der Waals surface area (Å²) in [7, 11) is 1.97. The first-order valence-electron chi connectivity index (χ1n) is 5.41. The van der Waals surface area contributed by atoms with Gasteiger partial charge in [-0.25, -0.2) is 0 Å². The second kappa shape index (κ2) is 3.73. The van der Waals surface area contributed by atoms with E-state index in [1.54, 1.807) is 0 Å². The van der Waals surface area contributed by atoms with Crippen LogP contribution in [0.25, 0.3) is 0 Å². The Morgan fingerprint density at radius 1 is 1.50 bits per heavy atom. The smallest absolute Gasteiger partial charge is 0.0524 e. The molecule has 0 aliphatic heterocycles. The number of nitrogens with zero attached hydrogens (tertiary/aromatic N) is 2. The average molecular weight is 193 g/mol. The van der Waals surface area contributed by atoms with Crippen molar-refractivity contribution in [2.75, 3.05) is 0 Å². The molecule has 1 aromatic heterocycles. The van der Waals surface area contributed by atoms with Crippen LogP contribution in [0.15, 0.2) is 12.4 Å². The molecule has 3 heteroatoms. The fourth-order valence-corrected chi connectivity index (χ4v) is 1.73. The minimum atomic E-state index is 0.546. The lowest BCUT2D eigenvalue weighted by molar-refractivity contribution is 0.478. The van der Waals surface area contributed by atoms with Gasteiger partial charge in [-0.3, -0.25) is 4.68 Å². The van der Waals surface area contributed by atoms with Crippen molar-refractivity contribution >= 4 is 0 Å². The van der Waals surface area contributed by atoms with Crippen LogP contribution in [0, 0.1) is 0 Å². The zero-order valence-electron chi connectivity index (χ0n) is 9.20. The van der Waals surface area contributed by atoms with Crippen LogP contribution in [0.2, 0.25) is 0 Å². The summed E-state index contributed by atoms with van der Waals surface area (Å²) < 4.78 is 1.87. The van der Waals surface area contributed by atoms with Gasteiger partial charge in [0.15, 0.2) is 0 Å². The van der Waals surface area contributed by atoms with Gasteiger partial charge in [0.05, 0.1) is 6.20 Å². The molecule has 1 heterocycles. The Morgan fingerprint density at radius 3 is 2.71 bits per heavy atom. The van der Waals surface area contributed by atoms with Crippen molar-refractivity contribution in [3.05, 3.63) is 18.0 Å². The first-order chi connectivity index (χ1) is 6.66. The highest BCUT2D eigenvalue weighted by Crippen LogP contribution is 2.24. The Kier molecular flexibility index (Phi) is 2.59. The van der Waals surface area contributed by atoms with Crippen molar-refractivity contribution in [1.29, 1.82) is 0 Å². The van der Waals surface area contributed by atoms with Gasteiger partial charge in [-0.1, -0.05) is 6.92 Å². The van der Waals surface area contributed by atoms with Gasteiger partial charge in [0.2, 0.25) is 0 Å². The van der Waals surface area contributed by atoms with E-state index in [0.717, 1.165) is 6.04 Å². The van der Waals surface area contributed by atoms with Crippen LogP contribution in [0.3, 0.4) is 0 Å². The third kappa shape index (κ3) is 2.15. The van der Waals surface area contributed by atoms with Crippen LogP contribution < -0.4 is 5.32 Å². The standard InChI is InChI=1S/C11H19N3/c1-8(9(2)13-11-4-5-11)10-6-12-14(3)7-10/h6-9,11,13H,4-5H2,1-3H3. The number of nitrogens with one attached hydrogen (secondary N) is 1. The first kappa shape index (κ1) is 9.71. The third-order valence-electron chi connectivity index (χ3n) is 3.08. The van der Waals surface area contributed by atoms with Gasteiger partial charge in [0.1, 0.15) is 0 Å². The summed E-state index contributed by atoms with van der Waals surface area (Å²) in [5, 5.41) is 7.83. The molecule has 1 saturated carbocycles. The molecule has 1 aliphatic rings. The SMILES string of the molecule is CC(NC1CC1)C(C)c1cnn(C)c1. The number of aryl methyl sites for hydroxylation is 1. The van der Waals surface area contributed by atoms with E-state index in [4.69, 9.17) is 0 Å². The maximum atomic E-state index is 4.20.